The topological polar surface area (TPSA) is 54.4 Å². The molecule has 0 aromatic carbocycles. The Balaban J connectivity index is 1.70. The normalized spacial score (nSPS) is 48.4. The first kappa shape index (κ1) is 17.2. The highest BCUT2D eigenvalue weighted by Crippen LogP contribution is 2.67. The van der Waals surface area contributed by atoms with Crippen LogP contribution in [-0.4, -0.2) is 23.3 Å². The molecule has 0 aromatic heterocycles. The Morgan fingerprint density at radius 3 is 2.72 bits per heavy atom. The molecule has 3 saturated carbocycles. The van der Waals surface area contributed by atoms with E-state index in [0.29, 0.717) is 17.8 Å². The number of rotatable bonds is 2. The molecule has 3 nitrogen and oxygen atoms in total. The average molecular weight is 342 g/mol. The van der Waals surface area contributed by atoms with Crippen LogP contribution in [0.25, 0.3) is 0 Å². The minimum Gasteiger partial charge on any atom is -0.396 e. The number of carbonyl (C=O) groups excluding carboxylic acids is 2. The molecule has 25 heavy (non-hydrogen) atoms. The predicted molar refractivity (Wildman–Crippen MR) is 96.7 cm³/mol. The lowest BCUT2D eigenvalue weighted by Gasteiger charge is -2.56. The fraction of sp³-hybridized carbons (Fsp3) is 0.727. The lowest BCUT2D eigenvalue weighted by molar-refractivity contribution is -0.129. The summed E-state index contributed by atoms with van der Waals surface area (Å²) < 4.78 is 0. The van der Waals surface area contributed by atoms with Crippen LogP contribution in [0.15, 0.2) is 23.8 Å². The smallest absolute Gasteiger partial charge is 0.178 e. The van der Waals surface area contributed by atoms with E-state index < -0.39 is 0 Å². The van der Waals surface area contributed by atoms with Crippen molar-refractivity contribution in [3.05, 3.63) is 23.8 Å². The van der Waals surface area contributed by atoms with E-state index in [-0.39, 0.29) is 40.8 Å². The van der Waals surface area contributed by atoms with Gasteiger partial charge in [0.25, 0.3) is 0 Å². The monoisotopic (exact) mass is 342 g/mol. The first-order chi connectivity index (χ1) is 11.8. The van der Waals surface area contributed by atoms with E-state index in [4.69, 9.17) is 0 Å². The van der Waals surface area contributed by atoms with Gasteiger partial charge in [-0.3, -0.25) is 9.59 Å². The molecule has 0 aliphatic heterocycles. The van der Waals surface area contributed by atoms with Crippen LogP contribution in [-0.2, 0) is 9.59 Å². The van der Waals surface area contributed by atoms with E-state index in [2.05, 4.69) is 19.9 Å². The number of hydrogen-bond acceptors (Lipinski definition) is 3. The number of fused-ring (bicyclic) bond motifs is 5. The van der Waals surface area contributed by atoms with Crippen LogP contribution in [0, 0.1) is 40.4 Å². The molecular formula is C22H30O3. The molecule has 0 bridgehead atoms. The standard InChI is InChI=1S/C22H30O3/c1-13(24)20-14(12-23)10-19-17-5-4-15-11-16(25)6-8-21(15,2)18(17)7-9-22(19,20)3/h6,8,11,14,17-20,23H,4-5,7,9-10,12H2,1-3H3/t14-,17+,18-,19-,20-,21-,22-/m0/s1. The van der Waals surface area contributed by atoms with E-state index in [1.54, 1.807) is 13.0 Å². The third kappa shape index (κ3) is 2.27. The second-order valence-corrected chi connectivity index (χ2v) is 9.41. The molecule has 3 fully saturated rings. The van der Waals surface area contributed by atoms with Crippen LogP contribution in [0.1, 0.15) is 52.9 Å². The van der Waals surface area contributed by atoms with Crippen molar-refractivity contribution in [1.82, 2.24) is 0 Å². The number of Topliss-reactive ketones (excluding diaryl/α,β-unsaturated/α-hetero) is 1. The Kier molecular flexibility index (Phi) is 3.88. The summed E-state index contributed by atoms with van der Waals surface area (Å²) in [5, 5.41) is 9.90. The summed E-state index contributed by atoms with van der Waals surface area (Å²) in [7, 11) is 0. The van der Waals surface area contributed by atoms with Crippen LogP contribution in [0.4, 0.5) is 0 Å². The van der Waals surface area contributed by atoms with E-state index in [1.165, 1.54) is 5.57 Å². The molecule has 0 radical (unpaired) electrons. The highest BCUT2D eigenvalue weighted by atomic mass is 16.3. The third-order valence-electron chi connectivity index (χ3n) is 8.41. The molecule has 0 amide bonds. The van der Waals surface area contributed by atoms with Gasteiger partial charge in [-0.25, -0.2) is 0 Å². The fourth-order valence-corrected chi connectivity index (χ4v) is 7.35. The lowest BCUT2D eigenvalue weighted by Crippen LogP contribution is -2.50. The van der Waals surface area contributed by atoms with E-state index in [1.807, 2.05) is 6.08 Å². The van der Waals surface area contributed by atoms with Crippen LogP contribution in [0.2, 0.25) is 0 Å². The fourth-order valence-electron chi connectivity index (χ4n) is 7.35. The predicted octanol–water partition coefficient (Wildman–Crippen LogP) is 3.72. The summed E-state index contributed by atoms with van der Waals surface area (Å²) in [6.07, 6.45) is 11.1. The zero-order chi connectivity index (χ0) is 18.0. The molecule has 136 valence electrons. The molecule has 0 spiro atoms. The number of aliphatic hydroxyl groups is 1. The molecular weight excluding hydrogens is 312 g/mol. The quantitative estimate of drug-likeness (QED) is 0.832. The molecule has 0 saturated heterocycles. The van der Waals surface area contributed by atoms with Crippen molar-refractivity contribution in [2.24, 2.45) is 40.4 Å². The maximum atomic E-state index is 12.4. The lowest BCUT2D eigenvalue weighted by atomic mass is 9.47. The summed E-state index contributed by atoms with van der Waals surface area (Å²) in [6.45, 7) is 6.46. The van der Waals surface area contributed by atoms with E-state index in [0.717, 1.165) is 32.1 Å². The van der Waals surface area contributed by atoms with Crippen molar-refractivity contribution in [1.29, 1.82) is 0 Å². The molecule has 3 heteroatoms. The Morgan fingerprint density at radius 1 is 1.28 bits per heavy atom. The molecule has 1 N–H and O–H groups in total. The largest absolute Gasteiger partial charge is 0.396 e. The van der Waals surface area contributed by atoms with Gasteiger partial charge in [0.15, 0.2) is 5.78 Å². The van der Waals surface area contributed by atoms with Crippen LogP contribution in [0.3, 0.4) is 0 Å². The minimum absolute atomic E-state index is 0.00117. The molecule has 0 unspecified atom stereocenters. The zero-order valence-electron chi connectivity index (χ0n) is 15.6. The Morgan fingerprint density at radius 2 is 2.04 bits per heavy atom. The second-order valence-electron chi connectivity index (χ2n) is 9.41. The minimum atomic E-state index is 0.00117. The molecule has 4 aliphatic carbocycles. The molecule has 4 rings (SSSR count). The Hall–Kier alpha value is -1.22. The summed E-state index contributed by atoms with van der Waals surface area (Å²) >= 11 is 0. The van der Waals surface area contributed by atoms with Crippen molar-refractivity contribution in [3.63, 3.8) is 0 Å². The third-order valence-corrected chi connectivity index (χ3v) is 8.41. The van der Waals surface area contributed by atoms with Gasteiger partial charge in [0.1, 0.15) is 5.78 Å². The van der Waals surface area contributed by atoms with Gasteiger partial charge in [-0.05, 0) is 80.3 Å². The molecule has 0 heterocycles. The van der Waals surface area contributed by atoms with Crippen molar-refractivity contribution in [2.75, 3.05) is 6.61 Å². The number of hydrogen-bond donors (Lipinski definition) is 1. The Labute approximate surface area is 150 Å². The zero-order valence-corrected chi connectivity index (χ0v) is 15.6. The number of carbonyl (C=O) groups is 2. The summed E-state index contributed by atoms with van der Waals surface area (Å²) in [6, 6.07) is 0. The Bertz CT molecular complexity index is 675. The van der Waals surface area contributed by atoms with Gasteiger partial charge >= 0.3 is 0 Å². The van der Waals surface area contributed by atoms with Crippen molar-refractivity contribution in [2.45, 2.75) is 52.9 Å². The first-order valence-corrected chi connectivity index (χ1v) is 9.87. The van der Waals surface area contributed by atoms with Gasteiger partial charge in [0.2, 0.25) is 0 Å². The van der Waals surface area contributed by atoms with Crippen LogP contribution in [0.5, 0.6) is 0 Å². The van der Waals surface area contributed by atoms with Crippen molar-refractivity contribution in [3.8, 4) is 0 Å². The van der Waals surface area contributed by atoms with Gasteiger partial charge in [0.05, 0.1) is 0 Å². The number of ketones is 2. The molecule has 0 aromatic rings. The van der Waals surface area contributed by atoms with Gasteiger partial charge < -0.3 is 5.11 Å². The maximum absolute atomic E-state index is 12.4. The summed E-state index contributed by atoms with van der Waals surface area (Å²) in [5.74, 6) is 2.19. The van der Waals surface area contributed by atoms with Crippen LogP contribution >= 0.6 is 0 Å². The van der Waals surface area contributed by atoms with E-state index in [9.17, 15) is 14.7 Å². The average Bonchev–Trinajstić information content (AvgIpc) is 2.88. The number of allylic oxidation sites excluding steroid dienone is 4. The van der Waals surface area contributed by atoms with Crippen molar-refractivity contribution < 1.29 is 14.7 Å². The maximum Gasteiger partial charge on any atom is 0.178 e. The summed E-state index contributed by atoms with van der Waals surface area (Å²) in [4.78, 5) is 24.2. The SMILES string of the molecule is CC(=O)[C@H]1[C@H](CO)C[C@H]2[C@@H]3CCC4=CC(=O)C=C[C@]4(C)[C@H]3CC[C@@]21C. The summed E-state index contributed by atoms with van der Waals surface area (Å²) in [5.41, 5.74) is 1.34. The second kappa shape index (κ2) is 5.64. The highest BCUT2D eigenvalue weighted by molar-refractivity contribution is 6.01. The van der Waals surface area contributed by atoms with Gasteiger partial charge in [0, 0.05) is 17.9 Å². The van der Waals surface area contributed by atoms with E-state index >= 15 is 0 Å². The van der Waals surface area contributed by atoms with Gasteiger partial charge in [-0.1, -0.05) is 25.5 Å². The highest BCUT2D eigenvalue weighted by Gasteiger charge is 2.61. The van der Waals surface area contributed by atoms with Crippen molar-refractivity contribution >= 4 is 11.6 Å². The molecule has 7 atom stereocenters. The molecule has 4 aliphatic rings. The van der Waals surface area contributed by atoms with Gasteiger partial charge in [-0.15, -0.1) is 0 Å². The first-order valence-electron chi connectivity index (χ1n) is 9.87. The van der Waals surface area contributed by atoms with Gasteiger partial charge in [-0.2, -0.15) is 0 Å². The van der Waals surface area contributed by atoms with Crippen LogP contribution < -0.4 is 0 Å². The number of aliphatic hydroxyl groups excluding tert-OH is 1.